The minimum Gasteiger partial charge on any atom is -0.393 e. The Kier molecular flexibility index (Phi) is 3.82. The van der Waals surface area contributed by atoms with E-state index >= 15 is 0 Å². The summed E-state index contributed by atoms with van der Waals surface area (Å²) in [4.78, 5) is 4.73. The SMILES string of the molecule is C[Si](C)(C)N1C=CC=CC1(c1ccccn1)[Si](C)(C)C. The van der Waals surface area contributed by atoms with Crippen molar-refractivity contribution in [1.29, 1.82) is 0 Å². The van der Waals surface area contributed by atoms with Crippen molar-refractivity contribution >= 4 is 16.3 Å². The molecule has 1 aromatic rings. The summed E-state index contributed by atoms with van der Waals surface area (Å²) in [6.07, 6.45) is 11.0. The van der Waals surface area contributed by atoms with Crippen LogP contribution >= 0.6 is 0 Å². The molecule has 2 nitrogen and oxygen atoms in total. The molecular weight excluding hydrogens is 276 g/mol. The molecule has 0 spiro atoms. The van der Waals surface area contributed by atoms with Gasteiger partial charge in [0.2, 0.25) is 0 Å². The number of pyridine rings is 1. The first-order chi connectivity index (χ1) is 9.19. The Morgan fingerprint density at radius 2 is 1.70 bits per heavy atom. The zero-order valence-electron chi connectivity index (χ0n) is 13.5. The molecule has 4 heteroatoms. The number of hydrogen-bond donors (Lipinski definition) is 0. The smallest absolute Gasteiger partial charge is 0.147 e. The molecule has 20 heavy (non-hydrogen) atoms. The van der Waals surface area contributed by atoms with E-state index in [0.29, 0.717) is 0 Å². The molecule has 0 bridgehead atoms. The molecule has 0 saturated heterocycles. The van der Waals surface area contributed by atoms with Gasteiger partial charge in [0.1, 0.15) is 8.24 Å². The Bertz CT molecular complexity index is 524. The van der Waals surface area contributed by atoms with Crippen LogP contribution < -0.4 is 0 Å². The summed E-state index contributed by atoms with van der Waals surface area (Å²) in [6.45, 7) is 14.6. The highest BCUT2D eigenvalue weighted by atomic mass is 28.3. The first-order valence-electron chi connectivity index (χ1n) is 7.26. The summed E-state index contributed by atoms with van der Waals surface area (Å²) < 4.78 is 2.63. The van der Waals surface area contributed by atoms with Crippen LogP contribution in [-0.2, 0) is 5.16 Å². The van der Waals surface area contributed by atoms with Gasteiger partial charge in [-0.05, 0) is 24.4 Å². The van der Waals surface area contributed by atoms with Crippen molar-refractivity contribution in [2.24, 2.45) is 0 Å². The molecule has 0 fully saturated rings. The summed E-state index contributed by atoms with van der Waals surface area (Å²) in [5.74, 6) is 0. The Morgan fingerprint density at radius 1 is 1.00 bits per heavy atom. The predicted molar refractivity (Wildman–Crippen MR) is 92.7 cm³/mol. The van der Waals surface area contributed by atoms with Crippen LogP contribution in [-0.4, -0.2) is 25.9 Å². The second-order valence-electron chi connectivity index (χ2n) is 7.47. The second-order valence-corrected chi connectivity index (χ2v) is 17.6. The molecule has 0 saturated carbocycles. The van der Waals surface area contributed by atoms with Crippen molar-refractivity contribution < 1.29 is 0 Å². The third-order valence-electron chi connectivity index (χ3n) is 3.99. The third-order valence-corrected chi connectivity index (χ3v) is 9.11. The number of nitrogens with zero attached hydrogens (tertiary/aromatic N) is 2. The van der Waals surface area contributed by atoms with E-state index in [1.54, 1.807) is 0 Å². The van der Waals surface area contributed by atoms with Crippen LogP contribution in [0.2, 0.25) is 39.3 Å². The van der Waals surface area contributed by atoms with Crippen LogP contribution in [0.1, 0.15) is 5.69 Å². The molecule has 0 radical (unpaired) electrons. The van der Waals surface area contributed by atoms with Crippen LogP contribution in [0.3, 0.4) is 0 Å². The quantitative estimate of drug-likeness (QED) is 0.771. The van der Waals surface area contributed by atoms with E-state index in [1.807, 2.05) is 12.3 Å². The number of allylic oxidation sites excluding steroid dienone is 2. The van der Waals surface area contributed by atoms with Crippen molar-refractivity contribution in [3.05, 3.63) is 54.5 Å². The largest absolute Gasteiger partial charge is 0.393 e. The van der Waals surface area contributed by atoms with Gasteiger partial charge in [0.25, 0.3) is 0 Å². The number of hydrogen-bond acceptors (Lipinski definition) is 2. The Balaban J connectivity index is 2.70. The van der Waals surface area contributed by atoms with Crippen molar-refractivity contribution in [1.82, 2.24) is 9.55 Å². The average Bonchev–Trinajstić information content (AvgIpc) is 2.37. The van der Waals surface area contributed by atoms with Crippen molar-refractivity contribution in [2.75, 3.05) is 0 Å². The van der Waals surface area contributed by atoms with Gasteiger partial charge >= 0.3 is 0 Å². The van der Waals surface area contributed by atoms with Crippen LogP contribution in [0.5, 0.6) is 0 Å². The molecule has 108 valence electrons. The molecule has 1 aliphatic rings. The van der Waals surface area contributed by atoms with Crippen molar-refractivity contribution in [2.45, 2.75) is 44.4 Å². The number of aromatic nitrogens is 1. The molecule has 1 atom stereocenters. The van der Waals surface area contributed by atoms with Gasteiger partial charge in [0.05, 0.1) is 18.9 Å². The predicted octanol–water partition coefficient (Wildman–Crippen LogP) is 4.37. The molecule has 0 aromatic carbocycles. The van der Waals surface area contributed by atoms with E-state index in [4.69, 9.17) is 4.98 Å². The van der Waals surface area contributed by atoms with Crippen molar-refractivity contribution in [3.63, 3.8) is 0 Å². The van der Waals surface area contributed by atoms with E-state index in [9.17, 15) is 0 Å². The fourth-order valence-corrected chi connectivity index (χ4v) is 9.18. The molecule has 0 N–H and O–H groups in total. The minimum absolute atomic E-state index is 0.0342. The lowest BCUT2D eigenvalue weighted by Crippen LogP contribution is -2.65. The fourth-order valence-electron chi connectivity index (χ4n) is 3.07. The van der Waals surface area contributed by atoms with E-state index in [0.717, 1.165) is 0 Å². The van der Waals surface area contributed by atoms with Gasteiger partial charge in [-0.1, -0.05) is 57.5 Å². The molecule has 1 aromatic heterocycles. The van der Waals surface area contributed by atoms with Gasteiger partial charge in [-0.25, -0.2) is 0 Å². The lowest BCUT2D eigenvalue weighted by molar-refractivity contribution is 0.396. The maximum atomic E-state index is 4.73. The first kappa shape index (κ1) is 15.3. The molecule has 0 amide bonds. The third kappa shape index (κ3) is 2.42. The van der Waals surface area contributed by atoms with Crippen LogP contribution in [0.4, 0.5) is 0 Å². The zero-order valence-corrected chi connectivity index (χ0v) is 15.5. The Hall–Kier alpha value is -1.14. The molecule has 0 aliphatic carbocycles. The van der Waals surface area contributed by atoms with Gasteiger partial charge in [-0.2, -0.15) is 0 Å². The lowest BCUT2D eigenvalue weighted by Gasteiger charge is -2.55. The molecule has 1 aliphatic heterocycles. The van der Waals surface area contributed by atoms with Gasteiger partial charge in [0, 0.05) is 6.20 Å². The fraction of sp³-hybridized carbons (Fsp3) is 0.438. The van der Waals surface area contributed by atoms with Crippen LogP contribution in [0.25, 0.3) is 0 Å². The Labute approximate surface area is 125 Å². The Morgan fingerprint density at radius 3 is 2.20 bits per heavy atom. The minimum atomic E-state index is -1.56. The summed E-state index contributed by atoms with van der Waals surface area (Å²) >= 11 is 0. The van der Waals surface area contributed by atoms with Crippen LogP contribution in [0, 0.1) is 0 Å². The monoisotopic (exact) mass is 302 g/mol. The van der Waals surface area contributed by atoms with Crippen molar-refractivity contribution in [3.8, 4) is 0 Å². The summed E-state index contributed by atoms with van der Waals surface area (Å²) in [5.41, 5.74) is 1.20. The average molecular weight is 303 g/mol. The highest BCUT2D eigenvalue weighted by molar-refractivity contribution is 6.82. The summed E-state index contributed by atoms with van der Waals surface area (Å²) in [5, 5.41) is -0.0342. The molecule has 2 heterocycles. The van der Waals surface area contributed by atoms with E-state index in [1.165, 1.54) is 5.69 Å². The maximum absolute atomic E-state index is 4.73. The lowest BCUT2D eigenvalue weighted by atomic mass is 10.1. The highest BCUT2D eigenvalue weighted by Gasteiger charge is 2.51. The van der Waals surface area contributed by atoms with E-state index < -0.39 is 16.3 Å². The highest BCUT2D eigenvalue weighted by Crippen LogP contribution is 2.43. The van der Waals surface area contributed by atoms with Gasteiger partial charge in [-0.15, -0.1) is 0 Å². The first-order valence-corrected chi connectivity index (χ1v) is 14.2. The topological polar surface area (TPSA) is 16.1 Å². The number of rotatable bonds is 3. The van der Waals surface area contributed by atoms with Crippen LogP contribution in [0.15, 0.2) is 48.8 Å². The van der Waals surface area contributed by atoms with Gasteiger partial charge in [0.15, 0.2) is 0 Å². The van der Waals surface area contributed by atoms with Gasteiger partial charge in [-0.3, -0.25) is 4.98 Å². The molecular formula is C16H26N2Si2. The second kappa shape index (κ2) is 5.00. The normalized spacial score (nSPS) is 23.2. The van der Waals surface area contributed by atoms with E-state index in [-0.39, 0.29) is 5.16 Å². The maximum Gasteiger partial charge on any atom is 0.147 e. The molecule has 2 rings (SSSR count). The standard InChI is InChI=1S/C16H26N2Si2/c1-19(2,3)16(15-11-7-9-13-17-15)12-8-10-14-18(16)20(4,5)6/h7-14H,1-6H3. The van der Waals surface area contributed by atoms with E-state index in [2.05, 4.69) is 80.4 Å². The zero-order chi connectivity index (χ0) is 15.0. The summed E-state index contributed by atoms with van der Waals surface area (Å²) in [7, 11) is -3.05. The summed E-state index contributed by atoms with van der Waals surface area (Å²) in [6, 6.07) is 6.30. The van der Waals surface area contributed by atoms with Gasteiger partial charge < -0.3 is 4.57 Å². The molecule has 1 unspecified atom stereocenters.